The molecule has 1 aromatic heterocycles. The highest BCUT2D eigenvalue weighted by molar-refractivity contribution is 7.89. The molecule has 8 nitrogen and oxygen atoms in total. The molecule has 9 heteroatoms. The summed E-state index contributed by atoms with van der Waals surface area (Å²) in [4.78, 5) is 2.31. The maximum absolute atomic E-state index is 12.8. The van der Waals surface area contributed by atoms with Gasteiger partial charge in [-0.1, -0.05) is 30.3 Å². The van der Waals surface area contributed by atoms with Crippen LogP contribution in [-0.4, -0.2) is 54.0 Å². The molecule has 1 aliphatic rings. The quantitative estimate of drug-likeness (QED) is 0.598. The van der Waals surface area contributed by atoms with E-state index in [-0.39, 0.29) is 4.90 Å². The number of nitriles is 1. The van der Waals surface area contributed by atoms with Crippen LogP contribution in [0.3, 0.4) is 0 Å². The van der Waals surface area contributed by atoms with Gasteiger partial charge in [0, 0.05) is 26.2 Å². The zero-order valence-electron chi connectivity index (χ0n) is 16.3. The minimum Gasteiger partial charge on any atom is -0.424 e. The molecule has 30 heavy (non-hydrogen) atoms. The fourth-order valence-corrected chi connectivity index (χ4v) is 4.79. The Morgan fingerprint density at radius 2 is 1.60 bits per heavy atom. The van der Waals surface area contributed by atoms with Crippen molar-refractivity contribution in [1.29, 1.82) is 5.26 Å². The van der Waals surface area contributed by atoms with E-state index >= 15 is 0 Å². The van der Waals surface area contributed by atoms with Crippen LogP contribution in [0.25, 0.3) is 0 Å². The highest BCUT2D eigenvalue weighted by atomic mass is 32.2. The first-order valence-corrected chi connectivity index (χ1v) is 11.1. The lowest BCUT2D eigenvalue weighted by atomic mass is 10.2. The van der Waals surface area contributed by atoms with Crippen molar-refractivity contribution in [3.05, 3.63) is 77.5 Å². The zero-order chi connectivity index (χ0) is 21.0. The number of rotatable bonds is 6. The van der Waals surface area contributed by atoms with E-state index in [4.69, 9.17) is 9.68 Å². The maximum atomic E-state index is 12.8. The number of piperazine rings is 1. The minimum atomic E-state index is -3.57. The summed E-state index contributed by atoms with van der Waals surface area (Å²) >= 11 is 0. The maximum Gasteiger partial charge on any atom is 0.243 e. The van der Waals surface area contributed by atoms with E-state index in [0.717, 1.165) is 5.56 Å². The largest absolute Gasteiger partial charge is 0.424 e. The average Bonchev–Trinajstić information content (AvgIpc) is 3.21. The van der Waals surface area contributed by atoms with Crippen LogP contribution in [-0.2, 0) is 23.0 Å². The average molecular weight is 423 g/mol. The van der Waals surface area contributed by atoms with Crippen LogP contribution < -0.4 is 0 Å². The van der Waals surface area contributed by atoms with Crippen LogP contribution >= 0.6 is 0 Å². The Kier molecular flexibility index (Phi) is 5.90. The number of hydrogen-bond donors (Lipinski definition) is 0. The first kappa shape index (κ1) is 20.2. The topological polar surface area (TPSA) is 103 Å². The Morgan fingerprint density at radius 3 is 2.27 bits per heavy atom. The van der Waals surface area contributed by atoms with Crippen molar-refractivity contribution < 1.29 is 12.8 Å². The normalized spacial score (nSPS) is 15.7. The molecule has 0 bridgehead atoms. The number of nitrogens with zero attached hydrogens (tertiary/aromatic N) is 5. The lowest BCUT2D eigenvalue weighted by molar-refractivity contribution is 0.167. The molecule has 2 aromatic carbocycles. The molecule has 0 amide bonds. The molecule has 4 rings (SSSR count). The first-order valence-electron chi connectivity index (χ1n) is 9.62. The molecule has 0 spiro atoms. The molecule has 1 saturated heterocycles. The molecule has 1 aliphatic heterocycles. The Balaban J connectivity index is 1.33. The first-order chi connectivity index (χ1) is 14.5. The van der Waals surface area contributed by atoms with Crippen molar-refractivity contribution in [2.75, 3.05) is 26.2 Å². The molecule has 1 fully saturated rings. The Labute approximate surface area is 175 Å². The van der Waals surface area contributed by atoms with Gasteiger partial charge in [0.1, 0.15) is 0 Å². The van der Waals surface area contributed by atoms with Gasteiger partial charge in [-0.25, -0.2) is 8.42 Å². The smallest absolute Gasteiger partial charge is 0.243 e. The van der Waals surface area contributed by atoms with Crippen LogP contribution in [0.2, 0.25) is 0 Å². The summed E-state index contributed by atoms with van der Waals surface area (Å²) in [5.41, 5.74) is 1.54. The van der Waals surface area contributed by atoms with Crippen LogP contribution in [0.1, 0.15) is 22.9 Å². The third-order valence-corrected chi connectivity index (χ3v) is 6.93. The second-order valence-corrected chi connectivity index (χ2v) is 9.01. The van der Waals surface area contributed by atoms with E-state index in [0.29, 0.717) is 56.5 Å². The molecular weight excluding hydrogens is 402 g/mol. The molecule has 3 aromatic rings. The summed E-state index contributed by atoms with van der Waals surface area (Å²) < 4.78 is 32.9. The van der Waals surface area contributed by atoms with Gasteiger partial charge in [-0.05, 0) is 29.8 Å². The summed E-state index contributed by atoms with van der Waals surface area (Å²) in [6, 6.07) is 17.9. The van der Waals surface area contributed by atoms with E-state index in [1.807, 2.05) is 36.4 Å². The molecule has 154 valence electrons. The summed E-state index contributed by atoms with van der Waals surface area (Å²) in [6.07, 6.45) is 0.588. The second kappa shape index (κ2) is 8.75. The van der Waals surface area contributed by atoms with E-state index in [9.17, 15) is 8.42 Å². The lowest BCUT2D eigenvalue weighted by Gasteiger charge is -2.33. The predicted molar refractivity (Wildman–Crippen MR) is 109 cm³/mol. The van der Waals surface area contributed by atoms with Gasteiger partial charge in [-0.15, -0.1) is 10.2 Å². The van der Waals surface area contributed by atoms with Crippen LogP contribution in [0.15, 0.2) is 63.9 Å². The molecule has 0 radical (unpaired) electrons. The monoisotopic (exact) mass is 423 g/mol. The van der Waals surface area contributed by atoms with Gasteiger partial charge >= 0.3 is 0 Å². The van der Waals surface area contributed by atoms with Crippen molar-refractivity contribution in [2.45, 2.75) is 17.9 Å². The highest BCUT2D eigenvalue weighted by Crippen LogP contribution is 2.19. The Hall–Kier alpha value is -3.06. The fraction of sp³-hybridized carbons (Fsp3) is 0.286. The summed E-state index contributed by atoms with van der Waals surface area (Å²) in [6.45, 7) is 2.41. The van der Waals surface area contributed by atoms with Gasteiger partial charge in [-0.2, -0.15) is 9.57 Å². The van der Waals surface area contributed by atoms with Crippen LogP contribution in [0, 0.1) is 11.3 Å². The molecular formula is C21H21N5O3S. The molecule has 0 aliphatic carbocycles. The standard InChI is InChI=1S/C21H21N5O3S/c22-15-18-6-8-19(9-7-18)30(27,28)26-12-10-25(11-13-26)16-21-24-23-20(29-21)14-17-4-2-1-3-5-17/h1-9H,10-14,16H2. The lowest BCUT2D eigenvalue weighted by Crippen LogP contribution is -2.48. The predicted octanol–water partition coefficient (Wildman–Crippen LogP) is 2.04. The van der Waals surface area contributed by atoms with Crippen molar-refractivity contribution in [3.8, 4) is 6.07 Å². The summed E-state index contributed by atoms with van der Waals surface area (Å²) in [7, 11) is -3.57. The molecule has 0 saturated carbocycles. The minimum absolute atomic E-state index is 0.206. The van der Waals surface area contributed by atoms with Crippen molar-refractivity contribution in [1.82, 2.24) is 19.4 Å². The van der Waals surface area contributed by atoms with Gasteiger partial charge in [-0.3, -0.25) is 4.90 Å². The number of hydrogen-bond acceptors (Lipinski definition) is 7. The van der Waals surface area contributed by atoms with Crippen molar-refractivity contribution in [3.63, 3.8) is 0 Å². The SMILES string of the molecule is N#Cc1ccc(S(=O)(=O)N2CCN(Cc3nnc(Cc4ccccc4)o3)CC2)cc1. The van der Waals surface area contributed by atoms with Gasteiger partial charge in [0.2, 0.25) is 21.8 Å². The summed E-state index contributed by atoms with van der Waals surface area (Å²) in [5.74, 6) is 1.10. The highest BCUT2D eigenvalue weighted by Gasteiger charge is 2.29. The van der Waals surface area contributed by atoms with Crippen molar-refractivity contribution in [2.24, 2.45) is 0 Å². The van der Waals surface area contributed by atoms with Crippen LogP contribution in [0.5, 0.6) is 0 Å². The Bertz CT molecular complexity index is 1130. The van der Waals surface area contributed by atoms with E-state index in [2.05, 4.69) is 15.1 Å². The zero-order valence-corrected chi connectivity index (χ0v) is 17.1. The molecule has 0 unspecified atom stereocenters. The number of benzene rings is 2. The summed E-state index contributed by atoms with van der Waals surface area (Å²) in [5, 5.41) is 17.1. The van der Waals surface area contributed by atoms with E-state index < -0.39 is 10.0 Å². The molecule has 0 N–H and O–H groups in total. The van der Waals surface area contributed by atoms with E-state index in [1.165, 1.54) is 28.6 Å². The van der Waals surface area contributed by atoms with Gasteiger partial charge in [0.15, 0.2) is 0 Å². The fourth-order valence-electron chi connectivity index (χ4n) is 3.36. The Morgan fingerprint density at radius 1 is 0.933 bits per heavy atom. The third kappa shape index (κ3) is 4.57. The number of aromatic nitrogens is 2. The van der Waals surface area contributed by atoms with E-state index in [1.54, 1.807) is 0 Å². The van der Waals surface area contributed by atoms with Crippen molar-refractivity contribution >= 4 is 10.0 Å². The molecule has 2 heterocycles. The third-order valence-electron chi connectivity index (χ3n) is 5.02. The number of sulfonamides is 1. The van der Waals surface area contributed by atoms with Gasteiger partial charge < -0.3 is 4.42 Å². The molecule has 0 atom stereocenters. The van der Waals surface area contributed by atoms with Gasteiger partial charge in [0.05, 0.1) is 29.5 Å². The van der Waals surface area contributed by atoms with Gasteiger partial charge in [0.25, 0.3) is 0 Å². The second-order valence-electron chi connectivity index (χ2n) is 7.07. The van der Waals surface area contributed by atoms with Crippen LogP contribution in [0.4, 0.5) is 0 Å².